The maximum Gasteiger partial charge on any atom is 0.154 e. The SMILES string of the molecule is CC(C)(C)[C+]1CCCN2CCCC12. The highest BCUT2D eigenvalue weighted by Crippen LogP contribution is 2.43. The van der Waals surface area contributed by atoms with Crippen LogP contribution in [0.25, 0.3) is 0 Å². The van der Waals surface area contributed by atoms with Gasteiger partial charge >= 0.3 is 0 Å². The highest BCUT2D eigenvalue weighted by atomic mass is 15.2. The first-order valence-electron chi connectivity index (χ1n) is 5.69. The van der Waals surface area contributed by atoms with Gasteiger partial charge in [-0.2, -0.15) is 0 Å². The minimum absolute atomic E-state index is 0.438. The lowest BCUT2D eigenvalue weighted by Gasteiger charge is -2.34. The van der Waals surface area contributed by atoms with E-state index in [1.54, 1.807) is 0 Å². The first-order chi connectivity index (χ1) is 6.09. The number of hydrogen-bond acceptors (Lipinski definition) is 1. The summed E-state index contributed by atoms with van der Waals surface area (Å²) in [7, 11) is 0. The van der Waals surface area contributed by atoms with Crippen LogP contribution in [0.3, 0.4) is 0 Å². The minimum Gasteiger partial charge on any atom is -0.263 e. The molecule has 2 aliphatic heterocycles. The Morgan fingerprint density at radius 1 is 1.15 bits per heavy atom. The molecule has 2 rings (SSSR count). The molecule has 0 amide bonds. The van der Waals surface area contributed by atoms with Crippen LogP contribution in [0.4, 0.5) is 0 Å². The Morgan fingerprint density at radius 3 is 2.54 bits per heavy atom. The zero-order valence-electron chi connectivity index (χ0n) is 9.27. The number of fused-ring (bicyclic) bond motifs is 1. The molecular weight excluding hydrogens is 158 g/mol. The molecular formula is C12H22N+. The van der Waals surface area contributed by atoms with E-state index in [4.69, 9.17) is 0 Å². The van der Waals surface area contributed by atoms with Crippen molar-refractivity contribution in [1.82, 2.24) is 4.90 Å². The quantitative estimate of drug-likeness (QED) is 0.518. The van der Waals surface area contributed by atoms with Crippen LogP contribution < -0.4 is 0 Å². The highest BCUT2D eigenvalue weighted by molar-refractivity contribution is 5.13. The van der Waals surface area contributed by atoms with Crippen molar-refractivity contribution in [3.8, 4) is 0 Å². The fourth-order valence-electron chi connectivity index (χ4n) is 3.00. The van der Waals surface area contributed by atoms with E-state index in [9.17, 15) is 0 Å². The van der Waals surface area contributed by atoms with Crippen LogP contribution in [0.15, 0.2) is 0 Å². The third-order valence-electron chi connectivity index (χ3n) is 3.62. The number of nitrogens with zero attached hydrogens (tertiary/aromatic N) is 1. The summed E-state index contributed by atoms with van der Waals surface area (Å²) in [5, 5.41) is 0. The monoisotopic (exact) mass is 180 g/mol. The summed E-state index contributed by atoms with van der Waals surface area (Å²) in [6.45, 7) is 9.84. The van der Waals surface area contributed by atoms with E-state index in [2.05, 4.69) is 25.7 Å². The summed E-state index contributed by atoms with van der Waals surface area (Å²) < 4.78 is 0. The average molecular weight is 180 g/mol. The van der Waals surface area contributed by atoms with Crippen LogP contribution in [0.5, 0.6) is 0 Å². The van der Waals surface area contributed by atoms with Gasteiger partial charge in [-0.05, 0) is 27.2 Å². The molecule has 0 radical (unpaired) electrons. The van der Waals surface area contributed by atoms with Gasteiger partial charge < -0.3 is 0 Å². The van der Waals surface area contributed by atoms with Gasteiger partial charge in [-0.3, -0.25) is 4.90 Å². The first-order valence-corrected chi connectivity index (χ1v) is 5.69. The minimum atomic E-state index is 0.438. The van der Waals surface area contributed by atoms with Crippen LogP contribution >= 0.6 is 0 Å². The molecule has 1 nitrogen and oxygen atoms in total. The predicted molar refractivity (Wildman–Crippen MR) is 56.5 cm³/mol. The van der Waals surface area contributed by atoms with Crippen molar-refractivity contribution in [1.29, 1.82) is 0 Å². The first kappa shape index (κ1) is 9.39. The van der Waals surface area contributed by atoms with Crippen molar-refractivity contribution >= 4 is 0 Å². The maximum absolute atomic E-state index is 2.70. The molecule has 2 heterocycles. The fourth-order valence-corrected chi connectivity index (χ4v) is 3.00. The van der Waals surface area contributed by atoms with Crippen molar-refractivity contribution in [2.24, 2.45) is 5.41 Å². The number of piperidine rings is 1. The lowest BCUT2D eigenvalue weighted by Crippen LogP contribution is -2.44. The summed E-state index contributed by atoms with van der Waals surface area (Å²) in [6.07, 6.45) is 5.62. The third-order valence-corrected chi connectivity index (χ3v) is 3.62. The van der Waals surface area contributed by atoms with Gasteiger partial charge in [0.25, 0.3) is 0 Å². The van der Waals surface area contributed by atoms with Crippen molar-refractivity contribution in [3.63, 3.8) is 0 Å². The van der Waals surface area contributed by atoms with Gasteiger partial charge in [0.1, 0.15) is 11.3 Å². The topological polar surface area (TPSA) is 3.24 Å². The van der Waals surface area contributed by atoms with E-state index in [1.807, 2.05) is 5.92 Å². The molecule has 1 unspecified atom stereocenters. The molecule has 0 aliphatic carbocycles. The van der Waals surface area contributed by atoms with E-state index in [0.29, 0.717) is 5.41 Å². The van der Waals surface area contributed by atoms with Gasteiger partial charge in [0, 0.05) is 25.9 Å². The zero-order chi connectivity index (χ0) is 9.47. The molecule has 74 valence electrons. The molecule has 0 spiro atoms. The van der Waals surface area contributed by atoms with E-state index in [0.717, 1.165) is 6.04 Å². The van der Waals surface area contributed by atoms with Crippen LogP contribution in [-0.2, 0) is 0 Å². The summed E-state index contributed by atoms with van der Waals surface area (Å²) in [5.74, 6) is 1.82. The summed E-state index contributed by atoms with van der Waals surface area (Å²) in [5.41, 5.74) is 0.438. The molecule has 1 atom stereocenters. The van der Waals surface area contributed by atoms with Crippen molar-refractivity contribution in [2.45, 2.75) is 52.5 Å². The van der Waals surface area contributed by atoms with Crippen LogP contribution in [0, 0.1) is 11.3 Å². The second-order valence-electron chi connectivity index (χ2n) is 5.57. The smallest absolute Gasteiger partial charge is 0.154 e. The van der Waals surface area contributed by atoms with Crippen molar-refractivity contribution in [2.75, 3.05) is 13.1 Å². The van der Waals surface area contributed by atoms with Crippen LogP contribution in [0.1, 0.15) is 46.5 Å². The fraction of sp³-hybridized carbons (Fsp3) is 0.917. The highest BCUT2D eigenvalue weighted by Gasteiger charge is 2.49. The Hall–Kier alpha value is -0.170. The lowest BCUT2D eigenvalue weighted by molar-refractivity contribution is 0.171. The number of rotatable bonds is 0. The second-order valence-corrected chi connectivity index (χ2v) is 5.57. The second kappa shape index (κ2) is 3.20. The Balaban J connectivity index is 2.10. The lowest BCUT2D eigenvalue weighted by atomic mass is 9.71. The maximum atomic E-state index is 2.70. The standard InChI is InChI=1S/C12H22N/c1-12(2,3)10-6-4-8-13-9-5-7-11(10)13/h11H,4-9H2,1-3H3/q+1. The molecule has 13 heavy (non-hydrogen) atoms. The molecule has 2 saturated heterocycles. The van der Waals surface area contributed by atoms with E-state index in [1.165, 1.54) is 38.8 Å². The Labute approximate surface area is 82.5 Å². The van der Waals surface area contributed by atoms with E-state index in [-0.39, 0.29) is 0 Å². The summed E-state index contributed by atoms with van der Waals surface area (Å²) in [6, 6.07) is 0.841. The van der Waals surface area contributed by atoms with Crippen molar-refractivity contribution < 1.29 is 0 Å². The molecule has 0 saturated carbocycles. The molecule has 0 N–H and O–H groups in total. The largest absolute Gasteiger partial charge is 0.263 e. The Morgan fingerprint density at radius 2 is 1.85 bits per heavy atom. The van der Waals surface area contributed by atoms with E-state index >= 15 is 0 Å². The summed E-state index contributed by atoms with van der Waals surface area (Å²) >= 11 is 0. The van der Waals surface area contributed by atoms with Gasteiger partial charge in [0.15, 0.2) is 6.04 Å². The number of hydrogen-bond donors (Lipinski definition) is 0. The van der Waals surface area contributed by atoms with Gasteiger partial charge in [0.2, 0.25) is 0 Å². The Kier molecular flexibility index (Phi) is 2.31. The van der Waals surface area contributed by atoms with Crippen LogP contribution in [0.2, 0.25) is 0 Å². The normalized spacial score (nSPS) is 30.7. The molecule has 0 aromatic rings. The van der Waals surface area contributed by atoms with E-state index < -0.39 is 0 Å². The molecule has 2 fully saturated rings. The van der Waals surface area contributed by atoms with Crippen molar-refractivity contribution in [3.05, 3.63) is 5.92 Å². The van der Waals surface area contributed by atoms with Gasteiger partial charge in [-0.15, -0.1) is 0 Å². The molecule has 0 aromatic heterocycles. The Bertz CT molecular complexity index is 180. The molecule has 0 aromatic carbocycles. The molecule has 1 heteroatoms. The predicted octanol–water partition coefficient (Wildman–Crippen LogP) is 2.87. The van der Waals surface area contributed by atoms with Gasteiger partial charge in [0.05, 0.1) is 6.42 Å². The van der Waals surface area contributed by atoms with Gasteiger partial charge in [-0.1, -0.05) is 0 Å². The third kappa shape index (κ3) is 1.71. The average Bonchev–Trinajstić information content (AvgIpc) is 2.48. The summed E-state index contributed by atoms with van der Waals surface area (Å²) in [4.78, 5) is 2.70. The van der Waals surface area contributed by atoms with Crippen LogP contribution in [-0.4, -0.2) is 24.0 Å². The molecule has 2 aliphatic rings. The zero-order valence-corrected chi connectivity index (χ0v) is 9.27. The molecule has 0 bridgehead atoms. The van der Waals surface area contributed by atoms with Gasteiger partial charge in [-0.25, -0.2) is 0 Å².